The van der Waals surface area contributed by atoms with Crippen molar-refractivity contribution in [1.82, 2.24) is 5.32 Å². The number of hydrogen-bond acceptors (Lipinski definition) is 3. The number of benzene rings is 2. The lowest BCUT2D eigenvalue weighted by Gasteiger charge is -2.18. The summed E-state index contributed by atoms with van der Waals surface area (Å²) in [4.78, 5) is 24.3. The van der Waals surface area contributed by atoms with Crippen LogP contribution in [0.25, 0.3) is 0 Å². The maximum Gasteiger partial charge on any atom is 0.338 e. The van der Waals surface area contributed by atoms with Crippen LogP contribution in [-0.4, -0.2) is 24.5 Å². The van der Waals surface area contributed by atoms with E-state index in [1.165, 1.54) is 11.6 Å². The van der Waals surface area contributed by atoms with Crippen LogP contribution in [0.3, 0.4) is 0 Å². The lowest BCUT2D eigenvalue weighted by Crippen LogP contribution is -2.38. The van der Waals surface area contributed by atoms with Gasteiger partial charge in [0.2, 0.25) is 0 Å². The normalized spacial score (nSPS) is 12.9. The van der Waals surface area contributed by atoms with Crippen molar-refractivity contribution < 1.29 is 14.3 Å². The van der Waals surface area contributed by atoms with Crippen LogP contribution in [0.4, 0.5) is 0 Å². The van der Waals surface area contributed by atoms with E-state index in [9.17, 15) is 9.59 Å². The van der Waals surface area contributed by atoms with Crippen LogP contribution in [0, 0.1) is 0 Å². The third-order valence-electron chi connectivity index (χ3n) is 4.00. The number of hydrogen-bond donors (Lipinski definition) is 1. The number of amides is 1. The van der Waals surface area contributed by atoms with Crippen LogP contribution in [0.5, 0.6) is 0 Å². The fourth-order valence-electron chi connectivity index (χ4n) is 2.49. The highest BCUT2D eigenvalue weighted by Gasteiger charge is 2.20. The second-order valence-corrected chi connectivity index (χ2v) is 6.26. The number of carbonyl (C=O) groups excluding carboxylic acids is 2. The van der Waals surface area contributed by atoms with E-state index in [4.69, 9.17) is 16.3 Å². The van der Waals surface area contributed by atoms with Gasteiger partial charge in [0.05, 0.1) is 5.56 Å². The molecule has 4 nitrogen and oxygen atoms in total. The number of ether oxygens (including phenoxy) is 1. The third kappa shape index (κ3) is 5.61. The Morgan fingerprint density at radius 2 is 1.84 bits per heavy atom. The molecule has 0 aliphatic rings. The topological polar surface area (TPSA) is 55.4 Å². The zero-order chi connectivity index (χ0) is 18.2. The van der Waals surface area contributed by atoms with Crippen molar-refractivity contribution in [3.05, 3.63) is 70.7 Å². The number of carbonyl (C=O) groups is 2. The lowest BCUT2D eigenvalue weighted by atomic mass is 9.96. The van der Waals surface area contributed by atoms with Crippen molar-refractivity contribution in [1.29, 1.82) is 0 Å². The fourth-order valence-corrected chi connectivity index (χ4v) is 2.68. The fraction of sp³-hybridized carbons (Fsp3) is 0.300. The predicted molar refractivity (Wildman–Crippen MR) is 98.8 cm³/mol. The van der Waals surface area contributed by atoms with Crippen LogP contribution in [0.2, 0.25) is 5.02 Å². The monoisotopic (exact) mass is 359 g/mol. The third-order valence-corrected chi connectivity index (χ3v) is 4.23. The Labute approximate surface area is 153 Å². The molecule has 0 aliphatic carbocycles. The molecule has 0 aliphatic heterocycles. The maximum atomic E-state index is 12.2. The summed E-state index contributed by atoms with van der Waals surface area (Å²) in [6.07, 6.45) is 0.0285. The molecule has 25 heavy (non-hydrogen) atoms. The smallest absolute Gasteiger partial charge is 0.338 e. The molecule has 1 N–H and O–H groups in total. The molecule has 0 unspecified atom stereocenters. The summed E-state index contributed by atoms with van der Waals surface area (Å²) in [5.74, 6) is -0.661. The quantitative estimate of drug-likeness (QED) is 0.754. The van der Waals surface area contributed by atoms with Gasteiger partial charge in [-0.05, 0) is 37.1 Å². The largest absolute Gasteiger partial charge is 0.449 e. The zero-order valence-corrected chi connectivity index (χ0v) is 15.1. The zero-order valence-electron chi connectivity index (χ0n) is 14.4. The molecule has 1 amide bonds. The van der Waals surface area contributed by atoms with Crippen molar-refractivity contribution in [2.75, 3.05) is 6.54 Å². The van der Waals surface area contributed by atoms with E-state index >= 15 is 0 Å². The van der Waals surface area contributed by atoms with Crippen LogP contribution < -0.4 is 5.32 Å². The molecule has 2 aromatic carbocycles. The van der Waals surface area contributed by atoms with Crippen molar-refractivity contribution in [3.63, 3.8) is 0 Å². The minimum absolute atomic E-state index is 0.223. The minimum Gasteiger partial charge on any atom is -0.449 e. The SMILES string of the molecule is CC[C@H](CNC(=O)[C@@H](C)OC(=O)c1cccc(Cl)c1)c1ccccc1. The first-order valence-corrected chi connectivity index (χ1v) is 8.68. The Morgan fingerprint density at radius 1 is 1.12 bits per heavy atom. The van der Waals surface area contributed by atoms with Gasteiger partial charge in [-0.25, -0.2) is 4.79 Å². The van der Waals surface area contributed by atoms with Crippen molar-refractivity contribution >= 4 is 23.5 Å². The van der Waals surface area contributed by atoms with E-state index in [1.807, 2.05) is 30.3 Å². The second-order valence-electron chi connectivity index (χ2n) is 5.82. The number of rotatable bonds is 7. The summed E-state index contributed by atoms with van der Waals surface area (Å²) in [5.41, 5.74) is 1.50. The molecule has 0 saturated carbocycles. The van der Waals surface area contributed by atoms with Crippen LogP contribution in [-0.2, 0) is 9.53 Å². The molecule has 2 aromatic rings. The Morgan fingerprint density at radius 3 is 2.48 bits per heavy atom. The molecule has 2 atom stereocenters. The van der Waals surface area contributed by atoms with Gasteiger partial charge in [0.25, 0.3) is 5.91 Å². The van der Waals surface area contributed by atoms with Crippen LogP contribution in [0.15, 0.2) is 54.6 Å². The Hall–Kier alpha value is -2.33. The first-order chi connectivity index (χ1) is 12.0. The first-order valence-electron chi connectivity index (χ1n) is 8.30. The summed E-state index contributed by atoms with van der Waals surface area (Å²) in [7, 11) is 0. The van der Waals surface area contributed by atoms with Gasteiger partial charge < -0.3 is 10.1 Å². The molecule has 132 valence electrons. The Bertz CT molecular complexity index is 718. The van der Waals surface area contributed by atoms with Gasteiger partial charge in [-0.3, -0.25) is 4.79 Å². The number of nitrogens with one attached hydrogen (secondary N) is 1. The van der Waals surface area contributed by atoms with Gasteiger partial charge in [-0.15, -0.1) is 0 Å². The minimum atomic E-state index is -0.875. The summed E-state index contributed by atoms with van der Waals surface area (Å²) in [6, 6.07) is 16.5. The van der Waals surface area contributed by atoms with Crippen molar-refractivity contribution in [2.24, 2.45) is 0 Å². The Balaban J connectivity index is 1.88. The Kier molecular flexibility index (Phi) is 7.02. The van der Waals surface area contributed by atoms with E-state index in [0.29, 0.717) is 17.1 Å². The molecule has 2 rings (SSSR count). The molecular formula is C20H22ClNO3. The standard InChI is InChI=1S/C20H22ClNO3/c1-3-15(16-8-5-4-6-9-16)13-22-19(23)14(2)25-20(24)17-10-7-11-18(21)12-17/h4-12,14-15H,3,13H2,1-2H3,(H,22,23)/t14-,15-/m1/s1. The summed E-state index contributed by atoms with van der Waals surface area (Å²) >= 11 is 5.86. The van der Waals surface area contributed by atoms with Gasteiger partial charge in [0.15, 0.2) is 6.10 Å². The van der Waals surface area contributed by atoms with Gasteiger partial charge in [0, 0.05) is 17.5 Å². The van der Waals surface area contributed by atoms with E-state index in [-0.39, 0.29) is 11.8 Å². The number of halogens is 1. The average molecular weight is 360 g/mol. The predicted octanol–water partition coefficient (Wildman–Crippen LogP) is 4.20. The van der Waals surface area contributed by atoms with E-state index in [0.717, 1.165) is 6.42 Å². The summed E-state index contributed by atoms with van der Waals surface area (Å²) < 4.78 is 5.22. The molecule has 0 bridgehead atoms. The highest BCUT2D eigenvalue weighted by Crippen LogP contribution is 2.18. The van der Waals surface area contributed by atoms with Crippen molar-refractivity contribution in [3.8, 4) is 0 Å². The molecule has 0 radical (unpaired) electrons. The summed E-state index contributed by atoms with van der Waals surface area (Å²) in [5, 5.41) is 3.30. The number of esters is 1. The van der Waals surface area contributed by atoms with Gasteiger partial charge >= 0.3 is 5.97 Å². The van der Waals surface area contributed by atoms with Gasteiger partial charge in [-0.1, -0.05) is 54.9 Å². The summed E-state index contributed by atoms with van der Waals surface area (Å²) in [6.45, 7) is 4.13. The molecule has 0 aromatic heterocycles. The molecule has 0 heterocycles. The van der Waals surface area contributed by atoms with Crippen LogP contribution in [0.1, 0.15) is 42.1 Å². The molecule has 0 spiro atoms. The highest BCUT2D eigenvalue weighted by molar-refractivity contribution is 6.30. The lowest BCUT2D eigenvalue weighted by molar-refractivity contribution is -0.129. The van der Waals surface area contributed by atoms with E-state index in [2.05, 4.69) is 12.2 Å². The maximum absolute atomic E-state index is 12.2. The van der Waals surface area contributed by atoms with Crippen LogP contribution >= 0.6 is 11.6 Å². The molecule has 0 saturated heterocycles. The average Bonchev–Trinajstić information content (AvgIpc) is 2.62. The molecular weight excluding hydrogens is 338 g/mol. The van der Waals surface area contributed by atoms with E-state index < -0.39 is 12.1 Å². The molecule has 0 fully saturated rings. The second kappa shape index (κ2) is 9.23. The van der Waals surface area contributed by atoms with Gasteiger partial charge in [-0.2, -0.15) is 0 Å². The van der Waals surface area contributed by atoms with Crippen molar-refractivity contribution in [2.45, 2.75) is 32.3 Å². The first kappa shape index (κ1) is 19.0. The molecule has 5 heteroatoms. The van der Waals surface area contributed by atoms with E-state index in [1.54, 1.807) is 25.1 Å². The van der Waals surface area contributed by atoms with Gasteiger partial charge in [0.1, 0.15) is 0 Å². The highest BCUT2D eigenvalue weighted by atomic mass is 35.5.